The summed E-state index contributed by atoms with van der Waals surface area (Å²) in [5.41, 5.74) is 1.43. The smallest absolute Gasteiger partial charge is 0.259 e. The van der Waals surface area contributed by atoms with Crippen LogP contribution >= 0.6 is 11.6 Å². The van der Waals surface area contributed by atoms with E-state index in [1.165, 1.54) is 6.20 Å². The van der Waals surface area contributed by atoms with Crippen molar-refractivity contribution >= 4 is 29.1 Å². The van der Waals surface area contributed by atoms with E-state index in [4.69, 9.17) is 11.6 Å². The van der Waals surface area contributed by atoms with Gasteiger partial charge in [0.2, 0.25) is 5.43 Å². The molecule has 0 radical (unpaired) electrons. The first-order valence-electron chi connectivity index (χ1n) is 11.7. The lowest BCUT2D eigenvalue weighted by molar-refractivity contribution is 0.0744. The van der Waals surface area contributed by atoms with Crippen LogP contribution in [0.15, 0.2) is 71.8 Å². The average molecular weight is 493 g/mol. The maximum Gasteiger partial charge on any atom is 0.259 e. The highest BCUT2D eigenvalue weighted by Gasteiger charge is 2.27. The Morgan fingerprint density at radius 1 is 0.943 bits per heavy atom. The lowest BCUT2D eigenvalue weighted by Gasteiger charge is -2.36. The summed E-state index contributed by atoms with van der Waals surface area (Å²) in [5, 5.41) is 3.43. The van der Waals surface area contributed by atoms with Gasteiger partial charge in [-0.2, -0.15) is 0 Å². The fraction of sp³-hybridized carbons (Fsp3) is 0.296. The number of piperazine rings is 1. The molecule has 182 valence electrons. The summed E-state index contributed by atoms with van der Waals surface area (Å²) < 4.78 is 1.74. The summed E-state index contributed by atoms with van der Waals surface area (Å²) in [6.07, 6.45) is 3.09. The quantitative estimate of drug-likeness (QED) is 0.570. The number of rotatable bonds is 6. The molecule has 0 aliphatic carbocycles. The molecular formula is C27H29ClN4O3. The Morgan fingerprint density at radius 3 is 2.29 bits per heavy atom. The van der Waals surface area contributed by atoms with Gasteiger partial charge in [0.1, 0.15) is 11.1 Å². The average Bonchev–Trinajstić information content (AvgIpc) is 2.85. The van der Waals surface area contributed by atoms with Gasteiger partial charge < -0.3 is 19.7 Å². The molecule has 2 amide bonds. The zero-order valence-electron chi connectivity index (χ0n) is 19.9. The molecule has 0 saturated carbocycles. The van der Waals surface area contributed by atoms with Crippen LogP contribution in [0.5, 0.6) is 0 Å². The Morgan fingerprint density at radius 2 is 1.63 bits per heavy atom. The molecule has 4 rings (SSSR count). The molecule has 0 unspecified atom stereocenters. The number of aromatic nitrogens is 1. The van der Waals surface area contributed by atoms with E-state index in [0.717, 1.165) is 11.3 Å². The highest BCUT2D eigenvalue weighted by atomic mass is 35.5. The summed E-state index contributed by atoms with van der Waals surface area (Å²) in [4.78, 5) is 43.3. The highest BCUT2D eigenvalue weighted by molar-refractivity contribution is 6.30. The Kier molecular flexibility index (Phi) is 7.56. The van der Waals surface area contributed by atoms with Crippen LogP contribution in [0.3, 0.4) is 0 Å². The molecule has 1 fully saturated rings. The third kappa shape index (κ3) is 5.92. The van der Waals surface area contributed by atoms with Crippen molar-refractivity contribution in [2.75, 3.05) is 31.1 Å². The third-order valence-corrected chi connectivity index (χ3v) is 6.16. The van der Waals surface area contributed by atoms with Crippen LogP contribution in [0.2, 0.25) is 5.02 Å². The van der Waals surface area contributed by atoms with Gasteiger partial charge >= 0.3 is 0 Å². The molecule has 1 saturated heterocycles. The maximum absolute atomic E-state index is 13.5. The first-order chi connectivity index (χ1) is 16.8. The summed E-state index contributed by atoms with van der Waals surface area (Å²) in [7, 11) is 0. The number of nitrogens with one attached hydrogen (secondary N) is 1. The molecule has 1 aliphatic rings. The zero-order chi connectivity index (χ0) is 24.9. The summed E-state index contributed by atoms with van der Waals surface area (Å²) in [6, 6.07) is 17.2. The van der Waals surface area contributed by atoms with E-state index in [2.05, 4.69) is 10.2 Å². The number of anilines is 1. The molecule has 1 N–H and O–H groups in total. The number of pyridine rings is 1. The van der Waals surface area contributed by atoms with Crippen LogP contribution in [-0.4, -0.2) is 53.5 Å². The SMILES string of the molecule is CC(C)NC(=O)c1cn(Cc2ccccc2)cc(C(=O)N2CCN(c3cccc(Cl)c3)CC2)c1=O. The minimum absolute atomic E-state index is 0.00791. The number of benzene rings is 2. The van der Waals surface area contributed by atoms with Crippen LogP contribution < -0.4 is 15.6 Å². The first kappa shape index (κ1) is 24.5. The maximum atomic E-state index is 13.5. The summed E-state index contributed by atoms with van der Waals surface area (Å²) >= 11 is 6.12. The van der Waals surface area contributed by atoms with Gasteiger partial charge in [-0.1, -0.05) is 48.0 Å². The van der Waals surface area contributed by atoms with E-state index in [9.17, 15) is 14.4 Å². The van der Waals surface area contributed by atoms with Gasteiger partial charge in [-0.3, -0.25) is 14.4 Å². The molecule has 35 heavy (non-hydrogen) atoms. The molecular weight excluding hydrogens is 464 g/mol. The topological polar surface area (TPSA) is 74.7 Å². The first-order valence-corrected chi connectivity index (χ1v) is 12.1. The van der Waals surface area contributed by atoms with E-state index in [0.29, 0.717) is 37.7 Å². The van der Waals surface area contributed by atoms with Gasteiger partial charge in [0.05, 0.1) is 0 Å². The molecule has 0 spiro atoms. The molecule has 7 nitrogen and oxygen atoms in total. The highest BCUT2D eigenvalue weighted by Crippen LogP contribution is 2.21. The number of hydrogen-bond acceptors (Lipinski definition) is 4. The predicted octanol–water partition coefficient (Wildman–Crippen LogP) is 3.65. The minimum atomic E-state index is -0.547. The van der Waals surface area contributed by atoms with Gasteiger partial charge in [0.25, 0.3) is 11.8 Å². The summed E-state index contributed by atoms with van der Waals surface area (Å²) in [6.45, 7) is 6.27. The van der Waals surface area contributed by atoms with Gasteiger partial charge in [-0.15, -0.1) is 0 Å². The second-order valence-corrected chi connectivity index (χ2v) is 9.40. The standard InChI is InChI=1S/C27H29ClN4O3/c1-19(2)29-26(34)23-17-30(16-20-7-4-3-5-8-20)18-24(25(23)33)27(35)32-13-11-31(12-14-32)22-10-6-9-21(28)15-22/h3-10,15,17-19H,11-14,16H2,1-2H3,(H,29,34). The Hall–Kier alpha value is -3.58. The molecule has 0 atom stereocenters. The molecule has 0 bridgehead atoms. The van der Waals surface area contributed by atoms with Crippen molar-refractivity contribution in [2.45, 2.75) is 26.4 Å². The van der Waals surface area contributed by atoms with E-state index in [1.54, 1.807) is 15.7 Å². The molecule has 2 aromatic carbocycles. The number of carbonyl (C=O) groups excluding carboxylic acids is 2. The van der Waals surface area contributed by atoms with E-state index in [-0.39, 0.29) is 23.1 Å². The number of amides is 2. The van der Waals surface area contributed by atoms with Crippen LogP contribution in [0, 0.1) is 0 Å². The van der Waals surface area contributed by atoms with E-state index < -0.39 is 11.3 Å². The largest absolute Gasteiger partial charge is 0.368 e. The Balaban J connectivity index is 1.59. The van der Waals surface area contributed by atoms with Crippen molar-refractivity contribution in [3.8, 4) is 0 Å². The number of hydrogen-bond donors (Lipinski definition) is 1. The fourth-order valence-corrected chi connectivity index (χ4v) is 4.37. The number of nitrogens with zero attached hydrogens (tertiary/aromatic N) is 3. The lowest BCUT2D eigenvalue weighted by atomic mass is 10.1. The van der Waals surface area contributed by atoms with Crippen molar-refractivity contribution in [3.05, 3.63) is 98.9 Å². The normalized spacial score (nSPS) is 13.7. The van der Waals surface area contributed by atoms with Crippen molar-refractivity contribution in [1.82, 2.24) is 14.8 Å². The van der Waals surface area contributed by atoms with Gasteiger partial charge in [0, 0.05) is 61.9 Å². The third-order valence-electron chi connectivity index (χ3n) is 5.92. The fourth-order valence-electron chi connectivity index (χ4n) is 4.18. The van der Waals surface area contributed by atoms with Crippen molar-refractivity contribution in [2.24, 2.45) is 0 Å². The number of halogens is 1. The molecule has 1 aliphatic heterocycles. The van der Waals surface area contributed by atoms with Gasteiger partial charge in [-0.25, -0.2) is 0 Å². The van der Waals surface area contributed by atoms with Crippen molar-refractivity contribution in [3.63, 3.8) is 0 Å². The van der Waals surface area contributed by atoms with Gasteiger partial charge in [0.15, 0.2) is 0 Å². The van der Waals surface area contributed by atoms with E-state index in [1.807, 2.05) is 68.4 Å². The zero-order valence-corrected chi connectivity index (χ0v) is 20.7. The molecule has 3 aromatic rings. The Bertz CT molecular complexity index is 1260. The number of carbonyl (C=O) groups is 2. The molecule has 2 heterocycles. The van der Waals surface area contributed by atoms with Gasteiger partial charge in [-0.05, 0) is 37.6 Å². The van der Waals surface area contributed by atoms with E-state index >= 15 is 0 Å². The van der Waals surface area contributed by atoms with Crippen LogP contribution in [0.4, 0.5) is 5.69 Å². The van der Waals surface area contributed by atoms with Crippen LogP contribution in [-0.2, 0) is 6.54 Å². The van der Waals surface area contributed by atoms with Crippen molar-refractivity contribution < 1.29 is 9.59 Å². The predicted molar refractivity (Wildman–Crippen MR) is 138 cm³/mol. The minimum Gasteiger partial charge on any atom is -0.368 e. The second kappa shape index (κ2) is 10.8. The lowest BCUT2D eigenvalue weighted by Crippen LogP contribution is -2.50. The molecule has 8 heteroatoms. The Labute approximate surface area is 209 Å². The summed E-state index contributed by atoms with van der Waals surface area (Å²) in [5.74, 6) is -0.839. The second-order valence-electron chi connectivity index (χ2n) is 8.96. The van der Waals surface area contributed by atoms with Crippen LogP contribution in [0.25, 0.3) is 0 Å². The van der Waals surface area contributed by atoms with Crippen LogP contribution in [0.1, 0.15) is 40.1 Å². The van der Waals surface area contributed by atoms with Crippen molar-refractivity contribution in [1.29, 1.82) is 0 Å². The monoisotopic (exact) mass is 492 g/mol. The molecule has 1 aromatic heterocycles.